The molecule has 0 heterocycles. The van der Waals surface area contributed by atoms with Crippen molar-refractivity contribution in [2.45, 2.75) is 9.96 Å². The van der Waals surface area contributed by atoms with E-state index in [1.807, 2.05) is 0 Å². The van der Waals surface area contributed by atoms with Crippen molar-refractivity contribution in [3.8, 4) is 0 Å². The van der Waals surface area contributed by atoms with Crippen LogP contribution in [-0.2, 0) is 0 Å². The SMILES string of the molecule is FC(F)(F)C(Cl)(Br)CBr. The second kappa shape index (κ2) is 2.96. The van der Waals surface area contributed by atoms with Gasteiger partial charge < -0.3 is 0 Å². The Bertz CT molecular complexity index is 99.7. The van der Waals surface area contributed by atoms with Gasteiger partial charge in [0.1, 0.15) is 0 Å². The van der Waals surface area contributed by atoms with Gasteiger partial charge in [-0.05, 0) is 0 Å². The van der Waals surface area contributed by atoms with Gasteiger partial charge in [-0.1, -0.05) is 43.5 Å². The lowest BCUT2D eigenvalue weighted by Gasteiger charge is -2.19. The Balaban J connectivity index is 4.14. The van der Waals surface area contributed by atoms with E-state index in [1.165, 1.54) is 0 Å². The molecule has 0 aliphatic carbocycles. The lowest BCUT2D eigenvalue weighted by atomic mass is 10.5. The first kappa shape index (κ1) is 10.0. The van der Waals surface area contributed by atoms with Crippen LogP contribution < -0.4 is 0 Å². The van der Waals surface area contributed by atoms with E-state index in [4.69, 9.17) is 11.6 Å². The fourth-order valence-electron chi connectivity index (χ4n) is 0.0758. The molecule has 0 radical (unpaired) electrons. The largest absolute Gasteiger partial charge is 0.418 e. The number of alkyl halides is 6. The van der Waals surface area contributed by atoms with E-state index in [0.29, 0.717) is 0 Å². The Kier molecular flexibility index (Phi) is 3.31. The number of halogens is 6. The van der Waals surface area contributed by atoms with Crippen molar-refractivity contribution in [3.05, 3.63) is 0 Å². The molecule has 0 fully saturated rings. The highest BCUT2D eigenvalue weighted by atomic mass is 79.9. The lowest BCUT2D eigenvalue weighted by molar-refractivity contribution is -0.132. The molecular weight excluding hydrogens is 288 g/mol. The van der Waals surface area contributed by atoms with E-state index in [2.05, 4.69) is 31.9 Å². The second-order valence-electron chi connectivity index (χ2n) is 1.34. The zero-order chi connectivity index (χ0) is 7.71. The molecule has 0 nitrogen and oxygen atoms in total. The van der Waals surface area contributed by atoms with Crippen LogP contribution >= 0.6 is 43.5 Å². The highest BCUT2D eigenvalue weighted by Crippen LogP contribution is 2.42. The molecule has 0 spiro atoms. The molecule has 9 heavy (non-hydrogen) atoms. The number of hydrogen-bond donors (Lipinski definition) is 0. The zero-order valence-electron chi connectivity index (χ0n) is 3.97. The summed E-state index contributed by atoms with van der Waals surface area (Å²) in [5.74, 6) is 0. The topological polar surface area (TPSA) is 0 Å². The fraction of sp³-hybridized carbons (Fsp3) is 1.00. The van der Waals surface area contributed by atoms with Crippen molar-refractivity contribution >= 4 is 43.5 Å². The maximum absolute atomic E-state index is 11.6. The molecule has 0 aromatic rings. The monoisotopic (exact) mass is 288 g/mol. The molecule has 1 unspecified atom stereocenters. The smallest absolute Gasteiger partial charge is 0.168 e. The Morgan fingerprint density at radius 1 is 1.33 bits per heavy atom. The maximum atomic E-state index is 11.6. The van der Waals surface area contributed by atoms with Gasteiger partial charge >= 0.3 is 6.18 Å². The lowest BCUT2D eigenvalue weighted by Crippen LogP contribution is -2.34. The van der Waals surface area contributed by atoms with Gasteiger partial charge in [0, 0.05) is 5.33 Å². The van der Waals surface area contributed by atoms with E-state index < -0.39 is 9.96 Å². The average molecular weight is 290 g/mol. The van der Waals surface area contributed by atoms with Gasteiger partial charge in [-0.25, -0.2) is 0 Å². The molecule has 0 saturated carbocycles. The summed E-state index contributed by atoms with van der Waals surface area (Å²) in [5.41, 5.74) is 0. The van der Waals surface area contributed by atoms with Crippen molar-refractivity contribution in [1.29, 1.82) is 0 Å². The van der Waals surface area contributed by atoms with E-state index in [1.54, 1.807) is 0 Å². The molecule has 0 amide bonds. The third kappa shape index (κ3) is 2.63. The molecule has 6 heteroatoms. The molecule has 0 rings (SSSR count). The van der Waals surface area contributed by atoms with Gasteiger partial charge in [-0.15, -0.1) is 0 Å². The summed E-state index contributed by atoms with van der Waals surface area (Å²) in [5, 5.41) is -0.370. The Morgan fingerprint density at radius 3 is 1.67 bits per heavy atom. The standard InChI is InChI=1S/C3H2Br2ClF3/c4-1-2(5,6)3(7,8)9/h1H2. The first-order valence-corrected chi connectivity index (χ1v) is 4.11. The predicted molar refractivity (Wildman–Crippen MR) is 37.4 cm³/mol. The number of hydrogen-bond acceptors (Lipinski definition) is 0. The van der Waals surface area contributed by atoms with Gasteiger partial charge in [-0.2, -0.15) is 13.2 Å². The van der Waals surface area contributed by atoms with Crippen LogP contribution in [0.4, 0.5) is 13.2 Å². The third-order valence-electron chi connectivity index (χ3n) is 0.583. The maximum Gasteiger partial charge on any atom is 0.418 e. The van der Waals surface area contributed by atoms with E-state index >= 15 is 0 Å². The van der Waals surface area contributed by atoms with Crippen molar-refractivity contribution in [1.82, 2.24) is 0 Å². The van der Waals surface area contributed by atoms with Gasteiger partial charge in [-0.3, -0.25) is 0 Å². The molecular formula is C3H2Br2ClF3. The predicted octanol–water partition coefficient (Wildman–Crippen LogP) is 3.27. The molecule has 0 bridgehead atoms. The second-order valence-corrected chi connectivity index (χ2v) is 4.35. The average Bonchev–Trinajstić information content (AvgIpc) is 1.64. The summed E-state index contributed by atoms with van der Waals surface area (Å²) < 4.78 is 32.6. The van der Waals surface area contributed by atoms with Crippen molar-refractivity contribution in [2.24, 2.45) is 0 Å². The molecule has 0 aromatic heterocycles. The van der Waals surface area contributed by atoms with Crippen molar-refractivity contribution in [3.63, 3.8) is 0 Å². The third-order valence-corrected chi connectivity index (χ3v) is 3.58. The summed E-state index contributed by atoms with van der Waals surface area (Å²) in [6, 6.07) is 0. The van der Waals surface area contributed by atoms with E-state index in [-0.39, 0.29) is 5.33 Å². The van der Waals surface area contributed by atoms with Crippen LogP contribution in [0.5, 0.6) is 0 Å². The summed E-state index contributed by atoms with van der Waals surface area (Å²) >= 11 is 9.84. The normalized spacial score (nSPS) is 19.3. The van der Waals surface area contributed by atoms with Crippen LogP contribution in [0.2, 0.25) is 0 Å². The fourth-order valence-corrected chi connectivity index (χ4v) is 0.394. The van der Waals surface area contributed by atoms with Gasteiger partial charge in [0.05, 0.1) is 0 Å². The zero-order valence-corrected chi connectivity index (χ0v) is 7.90. The minimum absolute atomic E-state index is 0.370. The highest BCUT2D eigenvalue weighted by molar-refractivity contribution is 9.12. The molecule has 0 aliphatic rings. The first-order valence-electron chi connectivity index (χ1n) is 1.82. The Morgan fingerprint density at radius 2 is 1.67 bits per heavy atom. The Hall–Kier alpha value is 1.04. The molecule has 0 saturated heterocycles. The summed E-state index contributed by atoms with van der Waals surface area (Å²) in [6.07, 6.45) is -4.42. The number of rotatable bonds is 1. The van der Waals surface area contributed by atoms with Gasteiger partial charge in [0.15, 0.2) is 0 Å². The van der Waals surface area contributed by atoms with E-state index in [0.717, 1.165) is 0 Å². The summed E-state index contributed by atoms with van der Waals surface area (Å²) in [7, 11) is 0. The summed E-state index contributed by atoms with van der Waals surface area (Å²) in [4.78, 5) is 0. The van der Waals surface area contributed by atoms with Crippen LogP contribution in [0.3, 0.4) is 0 Å². The van der Waals surface area contributed by atoms with Crippen LogP contribution in [0.25, 0.3) is 0 Å². The van der Waals surface area contributed by atoms with Gasteiger partial charge in [0.2, 0.25) is 3.78 Å². The van der Waals surface area contributed by atoms with Crippen LogP contribution in [0.1, 0.15) is 0 Å². The minimum atomic E-state index is -4.42. The molecule has 0 aromatic carbocycles. The first-order chi connectivity index (χ1) is 3.81. The minimum Gasteiger partial charge on any atom is -0.168 e. The van der Waals surface area contributed by atoms with E-state index in [9.17, 15) is 13.2 Å². The molecule has 1 atom stereocenters. The van der Waals surface area contributed by atoms with Crippen LogP contribution in [0, 0.1) is 0 Å². The van der Waals surface area contributed by atoms with Crippen molar-refractivity contribution < 1.29 is 13.2 Å². The molecule has 56 valence electrons. The van der Waals surface area contributed by atoms with Crippen molar-refractivity contribution in [2.75, 3.05) is 5.33 Å². The molecule has 0 aliphatic heterocycles. The Labute approximate surface area is 72.0 Å². The quantitative estimate of drug-likeness (QED) is 0.650. The molecule has 0 N–H and O–H groups in total. The van der Waals surface area contributed by atoms with Gasteiger partial charge in [0.25, 0.3) is 0 Å². The highest BCUT2D eigenvalue weighted by Gasteiger charge is 2.51. The van der Waals surface area contributed by atoms with Crippen LogP contribution in [0.15, 0.2) is 0 Å². The summed E-state index contributed by atoms with van der Waals surface area (Å²) in [6.45, 7) is 0. The van der Waals surface area contributed by atoms with Crippen LogP contribution in [-0.4, -0.2) is 15.3 Å².